The van der Waals surface area contributed by atoms with Gasteiger partial charge in [-0.1, -0.05) is 12.1 Å². The number of amides is 1. The lowest BCUT2D eigenvalue weighted by Gasteiger charge is -2.20. The molecule has 3 N–H and O–H groups in total. The lowest BCUT2D eigenvalue weighted by Crippen LogP contribution is -2.40. The molecule has 0 radical (unpaired) electrons. The largest absolute Gasteiger partial charge is 0.322 e. The van der Waals surface area contributed by atoms with Crippen molar-refractivity contribution in [2.75, 3.05) is 5.32 Å². The van der Waals surface area contributed by atoms with E-state index in [1.165, 1.54) is 24.3 Å². The number of hydrogen-bond acceptors (Lipinski definition) is 4. The van der Waals surface area contributed by atoms with E-state index in [-0.39, 0.29) is 10.8 Å². The Morgan fingerprint density at radius 2 is 1.75 bits per heavy atom. The van der Waals surface area contributed by atoms with Crippen molar-refractivity contribution in [2.24, 2.45) is 0 Å². The van der Waals surface area contributed by atoms with Crippen LogP contribution in [-0.4, -0.2) is 30.1 Å². The van der Waals surface area contributed by atoms with Crippen LogP contribution in [0, 0.1) is 0 Å². The molecule has 1 heterocycles. The molecule has 0 atom stereocenters. The summed E-state index contributed by atoms with van der Waals surface area (Å²) in [6.07, 6.45) is 1.66. The quantitative estimate of drug-likeness (QED) is 0.613. The Balaban J connectivity index is 1.75. The first kappa shape index (κ1) is 19.8. The summed E-state index contributed by atoms with van der Waals surface area (Å²) in [4.78, 5) is 12.6. The van der Waals surface area contributed by atoms with Gasteiger partial charge >= 0.3 is 0 Å². The topological polar surface area (TPSA) is 104 Å². The third kappa shape index (κ3) is 4.85. The number of H-pyrrole nitrogens is 1. The van der Waals surface area contributed by atoms with E-state index in [1.54, 1.807) is 33.0 Å². The summed E-state index contributed by atoms with van der Waals surface area (Å²) >= 11 is 0. The number of anilines is 1. The SMILES string of the molecule is CC(C)(C)NS(=O)(=O)c1ccc(C(=O)Nc2cccc(-c3ccn[nH]3)c2)cc1. The molecule has 8 heteroatoms. The molecule has 146 valence electrons. The molecule has 0 aliphatic heterocycles. The van der Waals surface area contributed by atoms with Gasteiger partial charge < -0.3 is 5.32 Å². The van der Waals surface area contributed by atoms with Gasteiger partial charge in [-0.3, -0.25) is 9.89 Å². The highest BCUT2D eigenvalue weighted by Crippen LogP contribution is 2.21. The standard InChI is InChI=1S/C20H22N4O3S/c1-20(2,3)24-28(26,27)17-9-7-14(8-10-17)19(25)22-16-6-4-5-15(13-16)18-11-12-21-23-18/h4-13,24H,1-3H3,(H,21,23)(H,22,25). The summed E-state index contributed by atoms with van der Waals surface area (Å²) in [5.41, 5.74) is 2.14. The fourth-order valence-electron chi connectivity index (χ4n) is 2.63. The van der Waals surface area contributed by atoms with Crippen LogP contribution >= 0.6 is 0 Å². The molecule has 0 unspecified atom stereocenters. The highest BCUT2D eigenvalue weighted by molar-refractivity contribution is 7.89. The van der Waals surface area contributed by atoms with Crippen molar-refractivity contribution in [3.63, 3.8) is 0 Å². The number of carbonyl (C=O) groups is 1. The lowest BCUT2D eigenvalue weighted by molar-refractivity contribution is 0.102. The number of hydrogen-bond donors (Lipinski definition) is 3. The molecule has 1 aromatic heterocycles. The number of nitrogens with zero attached hydrogens (tertiary/aromatic N) is 1. The average molecular weight is 398 g/mol. The number of sulfonamides is 1. The third-order valence-corrected chi connectivity index (χ3v) is 5.57. The number of carbonyl (C=O) groups excluding carboxylic acids is 1. The van der Waals surface area contributed by atoms with Crippen LogP contribution in [0.5, 0.6) is 0 Å². The summed E-state index contributed by atoms with van der Waals surface area (Å²) in [7, 11) is -3.64. The predicted octanol–water partition coefficient (Wildman–Crippen LogP) is 3.41. The summed E-state index contributed by atoms with van der Waals surface area (Å²) in [5, 5.41) is 9.62. The Hall–Kier alpha value is -2.97. The average Bonchev–Trinajstić information content (AvgIpc) is 3.15. The molecule has 7 nitrogen and oxygen atoms in total. The molecule has 3 rings (SSSR count). The van der Waals surface area contributed by atoms with Gasteiger partial charge in [-0.25, -0.2) is 13.1 Å². The van der Waals surface area contributed by atoms with Gasteiger partial charge in [0.25, 0.3) is 5.91 Å². The molecule has 0 aliphatic rings. The molecule has 0 saturated carbocycles. The second kappa shape index (κ2) is 7.57. The summed E-state index contributed by atoms with van der Waals surface area (Å²) in [5.74, 6) is -0.325. The molecule has 0 spiro atoms. The van der Waals surface area contributed by atoms with Crippen LogP contribution in [0.4, 0.5) is 5.69 Å². The lowest BCUT2D eigenvalue weighted by atomic mass is 10.1. The molecule has 0 saturated heterocycles. The minimum absolute atomic E-state index is 0.111. The molecule has 0 bridgehead atoms. The third-order valence-electron chi connectivity index (χ3n) is 3.80. The van der Waals surface area contributed by atoms with E-state index in [0.717, 1.165) is 11.3 Å². The van der Waals surface area contributed by atoms with E-state index in [1.807, 2.05) is 24.3 Å². The van der Waals surface area contributed by atoms with E-state index in [4.69, 9.17) is 0 Å². The fraction of sp³-hybridized carbons (Fsp3) is 0.200. The van der Waals surface area contributed by atoms with Gasteiger partial charge in [-0.05, 0) is 63.2 Å². The highest BCUT2D eigenvalue weighted by atomic mass is 32.2. The first-order chi connectivity index (χ1) is 13.1. The van der Waals surface area contributed by atoms with Crippen LogP contribution in [-0.2, 0) is 10.0 Å². The maximum Gasteiger partial charge on any atom is 0.255 e. The Morgan fingerprint density at radius 1 is 1.04 bits per heavy atom. The van der Waals surface area contributed by atoms with E-state index >= 15 is 0 Å². The van der Waals surface area contributed by atoms with Crippen molar-refractivity contribution < 1.29 is 13.2 Å². The van der Waals surface area contributed by atoms with E-state index in [2.05, 4.69) is 20.2 Å². The number of nitrogens with one attached hydrogen (secondary N) is 3. The second-order valence-corrected chi connectivity index (χ2v) is 9.07. The van der Waals surface area contributed by atoms with Gasteiger partial charge in [0, 0.05) is 28.6 Å². The Labute approximate surface area is 164 Å². The highest BCUT2D eigenvalue weighted by Gasteiger charge is 2.22. The van der Waals surface area contributed by atoms with Crippen molar-refractivity contribution in [2.45, 2.75) is 31.2 Å². The number of benzene rings is 2. The molecule has 28 heavy (non-hydrogen) atoms. The zero-order valence-corrected chi connectivity index (χ0v) is 16.7. The number of aromatic nitrogens is 2. The molecule has 3 aromatic rings. The maximum absolute atomic E-state index is 12.5. The minimum atomic E-state index is -3.64. The van der Waals surface area contributed by atoms with Crippen LogP contribution in [0.2, 0.25) is 0 Å². The molecular formula is C20H22N4O3S. The maximum atomic E-state index is 12.5. The summed E-state index contributed by atoms with van der Waals surface area (Å²) in [6, 6.07) is 15.0. The van der Waals surface area contributed by atoms with Crippen LogP contribution in [0.15, 0.2) is 65.7 Å². The first-order valence-corrected chi connectivity index (χ1v) is 10.2. The van der Waals surface area contributed by atoms with Crippen LogP contribution in [0.1, 0.15) is 31.1 Å². The zero-order valence-electron chi connectivity index (χ0n) is 15.9. The fourth-order valence-corrected chi connectivity index (χ4v) is 4.05. The second-order valence-electron chi connectivity index (χ2n) is 7.39. The van der Waals surface area contributed by atoms with E-state index in [0.29, 0.717) is 11.3 Å². The molecule has 0 fully saturated rings. The molecular weight excluding hydrogens is 376 g/mol. The summed E-state index contributed by atoms with van der Waals surface area (Å²) < 4.78 is 27.3. The number of rotatable bonds is 5. The van der Waals surface area contributed by atoms with Crippen molar-refractivity contribution in [1.82, 2.24) is 14.9 Å². The van der Waals surface area contributed by atoms with Crippen molar-refractivity contribution in [3.05, 3.63) is 66.4 Å². The minimum Gasteiger partial charge on any atom is -0.322 e. The Bertz CT molecular complexity index is 1070. The normalized spacial score (nSPS) is 12.0. The van der Waals surface area contributed by atoms with Crippen LogP contribution in [0.3, 0.4) is 0 Å². The van der Waals surface area contributed by atoms with Gasteiger partial charge in [-0.2, -0.15) is 5.10 Å². The Kier molecular flexibility index (Phi) is 5.35. The van der Waals surface area contributed by atoms with Crippen molar-refractivity contribution in [1.29, 1.82) is 0 Å². The smallest absolute Gasteiger partial charge is 0.255 e. The monoisotopic (exact) mass is 398 g/mol. The first-order valence-electron chi connectivity index (χ1n) is 8.69. The number of aromatic amines is 1. The van der Waals surface area contributed by atoms with Crippen LogP contribution in [0.25, 0.3) is 11.3 Å². The molecule has 1 amide bonds. The molecule has 0 aliphatic carbocycles. The van der Waals surface area contributed by atoms with Crippen molar-refractivity contribution >= 4 is 21.6 Å². The van der Waals surface area contributed by atoms with E-state index < -0.39 is 15.6 Å². The van der Waals surface area contributed by atoms with Gasteiger partial charge in [0.05, 0.1) is 10.6 Å². The Morgan fingerprint density at radius 3 is 2.36 bits per heavy atom. The van der Waals surface area contributed by atoms with E-state index in [9.17, 15) is 13.2 Å². The van der Waals surface area contributed by atoms with Gasteiger partial charge in [0.2, 0.25) is 10.0 Å². The zero-order chi connectivity index (χ0) is 20.4. The van der Waals surface area contributed by atoms with Crippen molar-refractivity contribution in [3.8, 4) is 11.3 Å². The van der Waals surface area contributed by atoms with Gasteiger partial charge in [0.15, 0.2) is 0 Å². The van der Waals surface area contributed by atoms with Crippen LogP contribution < -0.4 is 10.0 Å². The predicted molar refractivity (Wildman–Crippen MR) is 108 cm³/mol. The summed E-state index contributed by atoms with van der Waals surface area (Å²) in [6.45, 7) is 5.30. The van der Waals surface area contributed by atoms with Gasteiger partial charge in [-0.15, -0.1) is 0 Å². The van der Waals surface area contributed by atoms with Gasteiger partial charge in [0.1, 0.15) is 0 Å². The molecule has 2 aromatic carbocycles.